The molecule has 0 aliphatic carbocycles. The maximum absolute atomic E-state index is 13.1. The monoisotopic (exact) mass is 379 g/mol. The second-order valence-corrected chi connectivity index (χ2v) is 7.29. The highest BCUT2D eigenvalue weighted by atomic mass is 32.1. The molecule has 0 saturated heterocycles. The Hall–Kier alpha value is -3.26. The van der Waals surface area contributed by atoms with Crippen molar-refractivity contribution in [3.05, 3.63) is 70.7 Å². The van der Waals surface area contributed by atoms with E-state index in [0.717, 1.165) is 16.3 Å². The van der Waals surface area contributed by atoms with Crippen LogP contribution in [0.5, 0.6) is 0 Å². The van der Waals surface area contributed by atoms with Crippen LogP contribution in [0.25, 0.3) is 0 Å². The van der Waals surface area contributed by atoms with E-state index in [9.17, 15) is 9.59 Å². The summed E-state index contributed by atoms with van der Waals surface area (Å²) < 4.78 is 0. The Kier molecular flexibility index (Phi) is 4.55. The normalized spacial score (nSPS) is 15.8. The van der Waals surface area contributed by atoms with E-state index in [2.05, 4.69) is 20.8 Å². The van der Waals surface area contributed by atoms with Gasteiger partial charge in [-0.25, -0.2) is 0 Å². The maximum atomic E-state index is 13.1. The van der Waals surface area contributed by atoms with Crippen LogP contribution < -0.4 is 10.6 Å². The molecule has 0 unspecified atom stereocenters. The van der Waals surface area contributed by atoms with Gasteiger partial charge in [0.05, 0.1) is 5.56 Å². The number of aromatic nitrogens is 2. The van der Waals surface area contributed by atoms with Gasteiger partial charge in [0, 0.05) is 5.69 Å². The molecule has 136 valence electrons. The summed E-state index contributed by atoms with van der Waals surface area (Å²) in [6.07, 6.45) is -0.435. The SMILES string of the molecule is Cc1nnc(NC(=O)CN2C(=O)c3ccccc3N[C@@H]2c2ccccc2)s1. The molecule has 3 aromatic rings. The lowest BCUT2D eigenvalue weighted by Gasteiger charge is -2.37. The number of hydrogen-bond donors (Lipinski definition) is 2. The highest BCUT2D eigenvalue weighted by Gasteiger charge is 2.34. The van der Waals surface area contributed by atoms with Crippen LogP contribution >= 0.6 is 11.3 Å². The van der Waals surface area contributed by atoms with Crippen LogP contribution in [0.2, 0.25) is 0 Å². The van der Waals surface area contributed by atoms with E-state index in [1.54, 1.807) is 6.07 Å². The summed E-state index contributed by atoms with van der Waals surface area (Å²) in [5.41, 5.74) is 2.21. The summed E-state index contributed by atoms with van der Waals surface area (Å²) in [4.78, 5) is 27.1. The molecule has 2 N–H and O–H groups in total. The number of rotatable bonds is 4. The van der Waals surface area contributed by atoms with Crippen molar-refractivity contribution in [3.8, 4) is 0 Å². The first-order chi connectivity index (χ1) is 13.1. The van der Waals surface area contributed by atoms with Crippen molar-refractivity contribution >= 4 is 34.0 Å². The molecule has 2 amide bonds. The third-order valence-corrected chi connectivity index (χ3v) is 4.98. The molecule has 1 aliphatic heterocycles. The molecule has 0 radical (unpaired) electrons. The molecule has 27 heavy (non-hydrogen) atoms. The van der Waals surface area contributed by atoms with Gasteiger partial charge in [-0.2, -0.15) is 0 Å². The van der Waals surface area contributed by atoms with Gasteiger partial charge in [0.1, 0.15) is 17.7 Å². The predicted molar refractivity (Wildman–Crippen MR) is 104 cm³/mol. The molecule has 2 heterocycles. The van der Waals surface area contributed by atoms with E-state index >= 15 is 0 Å². The summed E-state index contributed by atoms with van der Waals surface area (Å²) in [5.74, 6) is -0.511. The Morgan fingerprint density at radius 2 is 1.89 bits per heavy atom. The Balaban J connectivity index is 1.62. The second-order valence-electron chi connectivity index (χ2n) is 6.11. The molecular weight excluding hydrogens is 362 g/mol. The Labute approximate surface area is 160 Å². The van der Waals surface area contributed by atoms with E-state index in [1.807, 2.05) is 55.5 Å². The fourth-order valence-corrected chi connectivity index (χ4v) is 3.62. The number of carbonyl (C=O) groups is 2. The number of amides is 2. The average Bonchev–Trinajstić information content (AvgIpc) is 3.09. The van der Waals surface area contributed by atoms with Crippen LogP contribution in [0.3, 0.4) is 0 Å². The number of aryl methyl sites for hydroxylation is 1. The standard InChI is InChI=1S/C19H17N5O2S/c1-12-22-23-19(27-12)21-16(25)11-24-17(13-7-3-2-4-8-13)20-15-10-6-5-9-14(15)18(24)26/h2-10,17,20H,11H2,1H3,(H,21,23,25)/t17-/m0/s1. The number of fused-ring (bicyclic) bond motifs is 1. The minimum absolute atomic E-state index is 0.0989. The van der Waals surface area contributed by atoms with Crippen LogP contribution in [-0.4, -0.2) is 33.5 Å². The largest absolute Gasteiger partial charge is 0.361 e. The number of nitrogens with zero attached hydrogens (tertiary/aromatic N) is 3. The Bertz CT molecular complexity index is 989. The molecule has 4 rings (SSSR count). The van der Waals surface area contributed by atoms with E-state index in [-0.39, 0.29) is 18.4 Å². The number of para-hydroxylation sites is 1. The van der Waals surface area contributed by atoms with Gasteiger partial charge in [0.2, 0.25) is 11.0 Å². The summed E-state index contributed by atoms with van der Waals surface area (Å²) >= 11 is 1.29. The smallest absolute Gasteiger partial charge is 0.258 e. The minimum Gasteiger partial charge on any atom is -0.361 e. The van der Waals surface area contributed by atoms with Gasteiger partial charge in [-0.05, 0) is 24.6 Å². The van der Waals surface area contributed by atoms with Crippen molar-refractivity contribution in [1.82, 2.24) is 15.1 Å². The summed E-state index contributed by atoms with van der Waals surface area (Å²) in [5, 5.41) is 15.0. The fraction of sp³-hybridized carbons (Fsp3) is 0.158. The molecule has 0 spiro atoms. The quantitative estimate of drug-likeness (QED) is 0.727. The van der Waals surface area contributed by atoms with Gasteiger partial charge in [0.25, 0.3) is 5.91 Å². The zero-order chi connectivity index (χ0) is 18.8. The third kappa shape index (κ3) is 3.52. The van der Waals surface area contributed by atoms with Crippen molar-refractivity contribution in [2.75, 3.05) is 17.2 Å². The molecular formula is C19H17N5O2S. The summed E-state index contributed by atoms with van der Waals surface area (Å²) in [6.45, 7) is 1.71. The van der Waals surface area contributed by atoms with Crippen molar-refractivity contribution in [1.29, 1.82) is 0 Å². The first kappa shape index (κ1) is 17.2. The Morgan fingerprint density at radius 1 is 1.15 bits per heavy atom. The van der Waals surface area contributed by atoms with Gasteiger partial charge in [-0.1, -0.05) is 53.8 Å². The van der Waals surface area contributed by atoms with Gasteiger partial charge in [-0.15, -0.1) is 10.2 Å². The van der Waals surface area contributed by atoms with Crippen molar-refractivity contribution in [2.24, 2.45) is 0 Å². The summed E-state index contributed by atoms with van der Waals surface area (Å²) in [7, 11) is 0. The molecule has 2 aromatic carbocycles. The number of benzene rings is 2. The van der Waals surface area contributed by atoms with Crippen LogP contribution in [0.15, 0.2) is 54.6 Å². The average molecular weight is 379 g/mol. The molecule has 1 aromatic heterocycles. The second kappa shape index (κ2) is 7.16. The van der Waals surface area contributed by atoms with Crippen LogP contribution in [0.4, 0.5) is 10.8 Å². The molecule has 1 aliphatic rings. The minimum atomic E-state index is -0.435. The Morgan fingerprint density at radius 3 is 2.63 bits per heavy atom. The lowest BCUT2D eigenvalue weighted by molar-refractivity contribution is -0.117. The van der Waals surface area contributed by atoms with Gasteiger partial charge < -0.3 is 10.2 Å². The molecule has 0 bridgehead atoms. The van der Waals surface area contributed by atoms with Crippen molar-refractivity contribution < 1.29 is 9.59 Å². The van der Waals surface area contributed by atoms with E-state index in [1.165, 1.54) is 16.2 Å². The van der Waals surface area contributed by atoms with Gasteiger partial charge >= 0.3 is 0 Å². The number of anilines is 2. The van der Waals surface area contributed by atoms with Crippen LogP contribution in [0.1, 0.15) is 27.1 Å². The molecule has 0 fully saturated rings. The fourth-order valence-electron chi connectivity index (χ4n) is 3.01. The van der Waals surface area contributed by atoms with Crippen molar-refractivity contribution in [3.63, 3.8) is 0 Å². The zero-order valence-electron chi connectivity index (χ0n) is 14.5. The number of hydrogen-bond acceptors (Lipinski definition) is 6. The van der Waals surface area contributed by atoms with Gasteiger partial charge in [-0.3, -0.25) is 14.9 Å². The zero-order valence-corrected chi connectivity index (χ0v) is 15.4. The summed E-state index contributed by atoms with van der Waals surface area (Å²) in [6, 6.07) is 16.9. The first-order valence-electron chi connectivity index (χ1n) is 8.43. The maximum Gasteiger partial charge on any atom is 0.258 e. The number of nitrogens with one attached hydrogen (secondary N) is 2. The molecule has 0 saturated carbocycles. The lowest BCUT2D eigenvalue weighted by Crippen LogP contribution is -2.46. The molecule has 1 atom stereocenters. The number of carbonyl (C=O) groups excluding carboxylic acids is 2. The highest BCUT2D eigenvalue weighted by Crippen LogP contribution is 2.32. The van der Waals surface area contributed by atoms with Gasteiger partial charge in [0.15, 0.2) is 0 Å². The molecule has 8 heteroatoms. The lowest BCUT2D eigenvalue weighted by atomic mass is 10.0. The molecule has 7 nitrogen and oxygen atoms in total. The van der Waals surface area contributed by atoms with Crippen LogP contribution in [-0.2, 0) is 4.79 Å². The van der Waals surface area contributed by atoms with Crippen LogP contribution in [0, 0.1) is 6.92 Å². The highest BCUT2D eigenvalue weighted by molar-refractivity contribution is 7.15. The van der Waals surface area contributed by atoms with E-state index in [0.29, 0.717) is 10.7 Å². The van der Waals surface area contributed by atoms with Crippen molar-refractivity contribution in [2.45, 2.75) is 13.1 Å². The first-order valence-corrected chi connectivity index (χ1v) is 9.25. The van der Waals surface area contributed by atoms with E-state index in [4.69, 9.17) is 0 Å². The third-order valence-electron chi connectivity index (χ3n) is 4.22. The topological polar surface area (TPSA) is 87.2 Å². The van der Waals surface area contributed by atoms with E-state index < -0.39 is 6.17 Å². The predicted octanol–water partition coefficient (Wildman–Crippen LogP) is 3.05.